The summed E-state index contributed by atoms with van der Waals surface area (Å²) < 4.78 is 0. The van der Waals surface area contributed by atoms with Crippen molar-refractivity contribution in [1.82, 2.24) is 0 Å². The average molecular weight is 466 g/mol. The number of hydrogen-bond donors (Lipinski definition) is 0. The first-order valence-electron chi connectivity index (χ1n) is 9.46. The van der Waals surface area contributed by atoms with Crippen molar-refractivity contribution in [2.75, 3.05) is 0 Å². The van der Waals surface area contributed by atoms with Crippen molar-refractivity contribution in [3.8, 4) is 0 Å². The molecule has 6 rings (SSSR count). The van der Waals surface area contributed by atoms with E-state index in [1.54, 1.807) is 0 Å². The fourth-order valence-electron chi connectivity index (χ4n) is 4.36. The summed E-state index contributed by atoms with van der Waals surface area (Å²) in [7, 11) is 0. The lowest BCUT2D eigenvalue weighted by Gasteiger charge is -2.13. The van der Waals surface area contributed by atoms with E-state index in [1.165, 1.54) is 26.9 Å². The van der Waals surface area contributed by atoms with Gasteiger partial charge in [0.15, 0.2) is 0 Å². The molecule has 30 heavy (non-hydrogen) atoms. The van der Waals surface area contributed by atoms with Gasteiger partial charge in [-0.05, 0) is 79.5 Å². The zero-order valence-electron chi connectivity index (χ0n) is 15.4. The fourth-order valence-corrected chi connectivity index (χ4v) is 5.39. The third-order valence-corrected chi connectivity index (χ3v) is 7.65. The lowest BCUT2D eigenvalue weighted by atomic mass is 9.95. The Hall–Kier alpha value is -2.22. The highest BCUT2D eigenvalue weighted by atomic mass is 35.5. The number of rotatable bonds is 0. The first kappa shape index (κ1) is 18.5. The summed E-state index contributed by atoms with van der Waals surface area (Å²) in [5, 5.41) is 12.3. The SMILES string of the molecule is Clc1c(Cl)c(Cl)c2c(ccc3cc4cc5cc6ccccc6cc5cc4cc32)c1Cl. The van der Waals surface area contributed by atoms with Gasteiger partial charge in [0.1, 0.15) is 0 Å². The number of hydrogen-bond acceptors (Lipinski definition) is 0. The molecule has 0 aliphatic rings. The fraction of sp³-hybridized carbons (Fsp3) is 0. The largest absolute Gasteiger partial charge is 0.0820 e. The molecule has 0 atom stereocenters. The van der Waals surface area contributed by atoms with Gasteiger partial charge in [0, 0.05) is 10.8 Å². The van der Waals surface area contributed by atoms with Crippen LogP contribution in [0.3, 0.4) is 0 Å². The molecule has 0 saturated heterocycles. The van der Waals surface area contributed by atoms with Crippen LogP contribution in [0.2, 0.25) is 20.1 Å². The predicted molar refractivity (Wildman–Crippen MR) is 134 cm³/mol. The van der Waals surface area contributed by atoms with E-state index in [-0.39, 0.29) is 10.0 Å². The second-order valence-electron chi connectivity index (χ2n) is 7.56. The Morgan fingerprint density at radius 2 is 0.867 bits per heavy atom. The molecular formula is C26H12Cl4. The van der Waals surface area contributed by atoms with Crippen molar-refractivity contribution in [3.05, 3.63) is 92.9 Å². The zero-order valence-corrected chi connectivity index (χ0v) is 18.5. The molecule has 0 unspecified atom stereocenters. The van der Waals surface area contributed by atoms with Crippen molar-refractivity contribution in [2.45, 2.75) is 0 Å². The molecule has 6 aromatic rings. The second kappa shape index (κ2) is 6.64. The maximum Gasteiger partial charge on any atom is 0.0800 e. The van der Waals surface area contributed by atoms with E-state index in [0.29, 0.717) is 10.0 Å². The molecule has 0 aliphatic carbocycles. The minimum atomic E-state index is 0.286. The first-order valence-corrected chi connectivity index (χ1v) is 11.0. The van der Waals surface area contributed by atoms with Crippen LogP contribution >= 0.6 is 46.4 Å². The highest BCUT2D eigenvalue weighted by molar-refractivity contribution is 6.56. The maximum absolute atomic E-state index is 6.62. The standard InChI is InChI=1S/C26H12Cl4/c27-23-20-6-5-15-9-18-10-16-7-13-3-1-2-4-14(13)8-17(16)11-19(18)12-21(15)22(20)24(28)26(30)25(23)29/h1-12H. The molecule has 0 saturated carbocycles. The first-order chi connectivity index (χ1) is 14.5. The highest BCUT2D eigenvalue weighted by Gasteiger charge is 2.17. The Morgan fingerprint density at radius 1 is 0.367 bits per heavy atom. The molecule has 0 spiro atoms. The molecule has 0 bridgehead atoms. The number of halogens is 4. The van der Waals surface area contributed by atoms with Crippen LogP contribution in [0.25, 0.3) is 53.9 Å². The monoisotopic (exact) mass is 464 g/mol. The molecule has 0 N–H and O–H groups in total. The highest BCUT2D eigenvalue weighted by Crippen LogP contribution is 2.46. The summed E-state index contributed by atoms with van der Waals surface area (Å²) in [6.45, 7) is 0. The van der Waals surface area contributed by atoms with E-state index < -0.39 is 0 Å². The quantitative estimate of drug-likeness (QED) is 0.0905. The van der Waals surface area contributed by atoms with Gasteiger partial charge in [-0.2, -0.15) is 0 Å². The molecule has 0 aromatic heterocycles. The van der Waals surface area contributed by atoms with Crippen molar-refractivity contribution >= 4 is 100 Å². The van der Waals surface area contributed by atoms with Gasteiger partial charge in [-0.25, -0.2) is 0 Å². The van der Waals surface area contributed by atoms with E-state index >= 15 is 0 Å². The summed E-state index contributed by atoms with van der Waals surface area (Å²) in [4.78, 5) is 0. The summed E-state index contributed by atoms with van der Waals surface area (Å²) in [5.74, 6) is 0. The molecule has 0 nitrogen and oxygen atoms in total. The van der Waals surface area contributed by atoms with E-state index in [9.17, 15) is 0 Å². The van der Waals surface area contributed by atoms with Gasteiger partial charge in [0.25, 0.3) is 0 Å². The van der Waals surface area contributed by atoms with Gasteiger partial charge in [-0.1, -0.05) is 82.8 Å². The number of benzene rings is 6. The Bertz CT molecular complexity index is 1680. The lowest BCUT2D eigenvalue weighted by molar-refractivity contribution is 1.77. The Labute approximate surface area is 192 Å². The van der Waals surface area contributed by atoms with Gasteiger partial charge in [0.2, 0.25) is 0 Å². The van der Waals surface area contributed by atoms with Crippen LogP contribution in [-0.2, 0) is 0 Å². The summed E-state index contributed by atoms with van der Waals surface area (Å²) in [6, 6.07) is 25.7. The van der Waals surface area contributed by atoms with Crippen LogP contribution in [-0.4, -0.2) is 0 Å². The van der Waals surface area contributed by atoms with E-state index in [0.717, 1.165) is 26.9 Å². The van der Waals surface area contributed by atoms with Gasteiger partial charge in [-0.3, -0.25) is 0 Å². The summed E-state index contributed by atoms with van der Waals surface area (Å²) >= 11 is 25.7. The zero-order chi connectivity index (χ0) is 20.6. The molecule has 0 radical (unpaired) electrons. The van der Waals surface area contributed by atoms with Crippen LogP contribution < -0.4 is 0 Å². The van der Waals surface area contributed by atoms with E-state index in [1.807, 2.05) is 12.1 Å². The average Bonchev–Trinajstić information content (AvgIpc) is 2.76. The van der Waals surface area contributed by atoms with E-state index in [2.05, 4.69) is 60.7 Å². The van der Waals surface area contributed by atoms with Gasteiger partial charge in [-0.15, -0.1) is 0 Å². The molecule has 144 valence electrons. The Kier molecular flexibility index (Phi) is 4.10. The van der Waals surface area contributed by atoms with E-state index in [4.69, 9.17) is 46.4 Å². The number of fused-ring (bicyclic) bond motifs is 6. The molecule has 0 aliphatic heterocycles. The minimum absolute atomic E-state index is 0.286. The normalized spacial score (nSPS) is 12.0. The topological polar surface area (TPSA) is 0 Å². The van der Waals surface area contributed by atoms with Gasteiger partial charge >= 0.3 is 0 Å². The predicted octanol–water partition coefficient (Wildman–Crippen LogP) is 10.1. The van der Waals surface area contributed by atoms with Crippen molar-refractivity contribution in [2.24, 2.45) is 0 Å². The third kappa shape index (κ3) is 2.62. The Morgan fingerprint density at radius 3 is 1.50 bits per heavy atom. The van der Waals surface area contributed by atoms with Crippen LogP contribution in [0.4, 0.5) is 0 Å². The lowest BCUT2D eigenvalue weighted by Crippen LogP contribution is -1.85. The minimum Gasteiger partial charge on any atom is -0.0820 e. The van der Waals surface area contributed by atoms with Crippen molar-refractivity contribution in [1.29, 1.82) is 0 Å². The smallest absolute Gasteiger partial charge is 0.0800 e. The second-order valence-corrected chi connectivity index (χ2v) is 9.08. The molecule has 0 fully saturated rings. The third-order valence-electron chi connectivity index (χ3n) is 5.83. The molecule has 0 heterocycles. The molecule has 0 amide bonds. The van der Waals surface area contributed by atoms with Crippen LogP contribution in [0.1, 0.15) is 0 Å². The summed E-state index contributed by atoms with van der Waals surface area (Å²) in [5.41, 5.74) is 0. The molecular weight excluding hydrogens is 454 g/mol. The Balaban J connectivity index is 1.76. The van der Waals surface area contributed by atoms with Gasteiger partial charge < -0.3 is 0 Å². The molecule has 4 heteroatoms. The van der Waals surface area contributed by atoms with Gasteiger partial charge in [0.05, 0.1) is 20.1 Å². The van der Waals surface area contributed by atoms with Crippen LogP contribution in [0.5, 0.6) is 0 Å². The molecule has 6 aromatic carbocycles. The van der Waals surface area contributed by atoms with Crippen molar-refractivity contribution in [3.63, 3.8) is 0 Å². The van der Waals surface area contributed by atoms with Crippen LogP contribution in [0.15, 0.2) is 72.8 Å². The maximum atomic E-state index is 6.62. The summed E-state index contributed by atoms with van der Waals surface area (Å²) in [6.07, 6.45) is 0. The van der Waals surface area contributed by atoms with Crippen LogP contribution in [0, 0.1) is 0 Å². The van der Waals surface area contributed by atoms with Crippen molar-refractivity contribution < 1.29 is 0 Å².